The lowest BCUT2D eigenvalue weighted by Crippen LogP contribution is -2.53. The molecule has 2 aliphatic rings. The fraction of sp³-hybridized carbons (Fsp3) is 0.409. The molecule has 2 aromatic rings. The summed E-state index contributed by atoms with van der Waals surface area (Å²) in [7, 11) is 0. The van der Waals surface area contributed by atoms with Gasteiger partial charge in [0.25, 0.3) is 0 Å². The third kappa shape index (κ3) is 3.28. The van der Waals surface area contributed by atoms with Gasteiger partial charge < -0.3 is 10.6 Å². The number of nitrogens with one attached hydrogen (secondary N) is 2. The zero-order chi connectivity index (χ0) is 17.3. The number of para-hydroxylation sites is 2. The number of aliphatic imine (C=N–C) groups is 1. The summed E-state index contributed by atoms with van der Waals surface area (Å²) in [6.45, 7) is 5.04. The van der Waals surface area contributed by atoms with Crippen LogP contribution in [0, 0.1) is 13.8 Å². The summed E-state index contributed by atoms with van der Waals surface area (Å²) in [6, 6.07) is 15.2. The molecule has 0 bridgehead atoms. The third-order valence-corrected chi connectivity index (χ3v) is 5.42. The summed E-state index contributed by atoms with van der Waals surface area (Å²) >= 11 is 0. The number of hydrogen-bond donors (Lipinski definition) is 2. The Morgan fingerprint density at radius 3 is 2.32 bits per heavy atom. The molecule has 0 saturated heterocycles. The predicted octanol–water partition coefficient (Wildman–Crippen LogP) is 5.44. The van der Waals surface area contributed by atoms with Crippen molar-refractivity contribution in [3.63, 3.8) is 0 Å². The van der Waals surface area contributed by atoms with Crippen LogP contribution in [0.1, 0.15) is 48.8 Å². The van der Waals surface area contributed by atoms with Crippen molar-refractivity contribution in [3.8, 4) is 0 Å². The van der Waals surface area contributed by atoms with Gasteiger partial charge in [-0.05, 0) is 44.4 Å². The Hall–Kier alpha value is -2.29. The van der Waals surface area contributed by atoms with Crippen LogP contribution in [0.4, 0.5) is 11.4 Å². The Balaban J connectivity index is 1.67. The first-order valence-electron chi connectivity index (χ1n) is 9.41. The van der Waals surface area contributed by atoms with Crippen molar-refractivity contribution < 1.29 is 0 Å². The maximum atomic E-state index is 5.05. The number of aryl methyl sites for hydroxylation is 2. The van der Waals surface area contributed by atoms with Crippen molar-refractivity contribution in [1.82, 2.24) is 0 Å². The van der Waals surface area contributed by atoms with E-state index in [0.717, 1.165) is 30.9 Å². The van der Waals surface area contributed by atoms with E-state index in [1.54, 1.807) is 0 Å². The summed E-state index contributed by atoms with van der Waals surface area (Å²) in [6.07, 6.45) is 6.16. The lowest BCUT2D eigenvalue weighted by atomic mass is 9.79. The van der Waals surface area contributed by atoms with E-state index in [0.29, 0.717) is 0 Å². The molecule has 0 atom stereocenters. The molecular formula is C22H27N3. The SMILES string of the molecule is Cc1cc(C)cc(CN=C2Nc3ccccc3NC23CCCCC3)c1. The van der Waals surface area contributed by atoms with Gasteiger partial charge >= 0.3 is 0 Å². The van der Waals surface area contributed by atoms with Crippen LogP contribution in [0.25, 0.3) is 0 Å². The maximum absolute atomic E-state index is 5.05. The van der Waals surface area contributed by atoms with Crippen LogP contribution >= 0.6 is 0 Å². The van der Waals surface area contributed by atoms with Crippen molar-refractivity contribution in [1.29, 1.82) is 0 Å². The van der Waals surface area contributed by atoms with Gasteiger partial charge in [-0.1, -0.05) is 60.7 Å². The van der Waals surface area contributed by atoms with Crippen LogP contribution in [0.3, 0.4) is 0 Å². The van der Waals surface area contributed by atoms with E-state index < -0.39 is 0 Å². The molecule has 3 heteroatoms. The van der Waals surface area contributed by atoms with Gasteiger partial charge in [-0.15, -0.1) is 0 Å². The molecule has 1 saturated carbocycles. The molecule has 1 spiro atoms. The molecular weight excluding hydrogens is 306 g/mol. The second-order valence-corrected chi connectivity index (χ2v) is 7.60. The van der Waals surface area contributed by atoms with Gasteiger partial charge in [0.15, 0.2) is 0 Å². The smallest absolute Gasteiger partial charge is 0.127 e. The molecule has 4 rings (SSSR count). The molecule has 0 aromatic heterocycles. The van der Waals surface area contributed by atoms with E-state index in [-0.39, 0.29) is 5.54 Å². The van der Waals surface area contributed by atoms with Gasteiger partial charge in [-0.25, -0.2) is 0 Å². The molecule has 2 N–H and O–H groups in total. The zero-order valence-electron chi connectivity index (χ0n) is 15.2. The topological polar surface area (TPSA) is 36.4 Å². The largest absolute Gasteiger partial charge is 0.371 e. The molecule has 1 heterocycles. The quantitative estimate of drug-likeness (QED) is 0.767. The number of amidine groups is 1. The molecule has 1 aliphatic carbocycles. The molecule has 0 radical (unpaired) electrons. The Morgan fingerprint density at radius 1 is 0.920 bits per heavy atom. The minimum absolute atomic E-state index is 0.0223. The predicted molar refractivity (Wildman–Crippen MR) is 107 cm³/mol. The van der Waals surface area contributed by atoms with Crippen molar-refractivity contribution in [2.75, 3.05) is 10.6 Å². The number of nitrogens with zero attached hydrogens (tertiary/aromatic N) is 1. The highest BCUT2D eigenvalue weighted by Gasteiger charge is 2.40. The molecule has 0 unspecified atom stereocenters. The number of anilines is 2. The second kappa shape index (κ2) is 6.55. The fourth-order valence-electron chi connectivity index (χ4n) is 4.30. The average Bonchev–Trinajstić information content (AvgIpc) is 2.60. The summed E-state index contributed by atoms with van der Waals surface area (Å²) in [4.78, 5) is 5.05. The van der Waals surface area contributed by atoms with E-state index >= 15 is 0 Å². The Morgan fingerprint density at radius 2 is 1.60 bits per heavy atom. The minimum Gasteiger partial charge on any atom is -0.371 e. The summed E-state index contributed by atoms with van der Waals surface area (Å²) in [5, 5.41) is 7.47. The minimum atomic E-state index is -0.0223. The van der Waals surface area contributed by atoms with E-state index in [1.807, 2.05) is 0 Å². The van der Waals surface area contributed by atoms with Gasteiger partial charge in [0, 0.05) is 0 Å². The third-order valence-electron chi connectivity index (χ3n) is 5.42. The van der Waals surface area contributed by atoms with Crippen molar-refractivity contribution >= 4 is 17.2 Å². The average molecular weight is 333 g/mol. The normalized spacial score (nSPS) is 20.0. The Labute approximate surface area is 150 Å². The van der Waals surface area contributed by atoms with Crippen molar-refractivity contribution in [2.45, 2.75) is 58.0 Å². The van der Waals surface area contributed by atoms with E-state index in [4.69, 9.17) is 4.99 Å². The summed E-state index contributed by atoms with van der Waals surface area (Å²) in [5.41, 5.74) is 6.22. The van der Waals surface area contributed by atoms with Crippen molar-refractivity contribution in [3.05, 3.63) is 59.2 Å². The van der Waals surface area contributed by atoms with Crippen LogP contribution in [-0.4, -0.2) is 11.4 Å². The molecule has 25 heavy (non-hydrogen) atoms. The first-order valence-corrected chi connectivity index (χ1v) is 9.41. The number of fused-ring (bicyclic) bond motifs is 1. The number of benzene rings is 2. The molecule has 1 aliphatic heterocycles. The highest BCUT2D eigenvalue weighted by atomic mass is 15.2. The van der Waals surface area contributed by atoms with Crippen LogP contribution < -0.4 is 10.6 Å². The van der Waals surface area contributed by atoms with Gasteiger partial charge in [0.05, 0.1) is 23.5 Å². The number of rotatable bonds is 2. The molecule has 2 aromatic carbocycles. The molecule has 3 nitrogen and oxygen atoms in total. The van der Waals surface area contributed by atoms with Gasteiger partial charge in [0.2, 0.25) is 0 Å². The lowest BCUT2D eigenvalue weighted by Gasteiger charge is -2.44. The summed E-state index contributed by atoms with van der Waals surface area (Å²) in [5.74, 6) is 1.12. The second-order valence-electron chi connectivity index (χ2n) is 7.60. The van der Waals surface area contributed by atoms with Gasteiger partial charge in [-0.2, -0.15) is 0 Å². The van der Waals surface area contributed by atoms with E-state index in [2.05, 4.69) is 66.9 Å². The van der Waals surface area contributed by atoms with Crippen LogP contribution in [0.5, 0.6) is 0 Å². The maximum Gasteiger partial charge on any atom is 0.127 e. The van der Waals surface area contributed by atoms with Gasteiger partial charge in [-0.3, -0.25) is 4.99 Å². The van der Waals surface area contributed by atoms with Gasteiger partial charge in [0.1, 0.15) is 5.84 Å². The first kappa shape index (κ1) is 16.2. The standard InChI is InChI=1S/C22H27N3/c1-16-12-17(2)14-18(13-16)15-23-21-22(10-6-3-7-11-22)25-20-9-5-4-8-19(20)24-21/h4-5,8-9,12-14,25H,3,6-7,10-11,15H2,1-2H3,(H,23,24). The van der Waals surface area contributed by atoms with Crippen LogP contribution in [0.2, 0.25) is 0 Å². The molecule has 1 fully saturated rings. The van der Waals surface area contributed by atoms with Crippen LogP contribution in [-0.2, 0) is 6.54 Å². The fourth-order valence-corrected chi connectivity index (χ4v) is 4.30. The van der Waals surface area contributed by atoms with Crippen LogP contribution in [0.15, 0.2) is 47.5 Å². The van der Waals surface area contributed by atoms with E-state index in [9.17, 15) is 0 Å². The highest BCUT2D eigenvalue weighted by Crippen LogP contribution is 2.39. The summed E-state index contributed by atoms with van der Waals surface area (Å²) < 4.78 is 0. The number of hydrogen-bond acceptors (Lipinski definition) is 2. The lowest BCUT2D eigenvalue weighted by molar-refractivity contribution is 0.403. The van der Waals surface area contributed by atoms with E-state index in [1.165, 1.54) is 41.6 Å². The Bertz CT molecular complexity index is 780. The first-order chi connectivity index (χ1) is 12.1. The molecule has 130 valence electrons. The Kier molecular flexibility index (Phi) is 4.24. The monoisotopic (exact) mass is 333 g/mol. The highest BCUT2D eigenvalue weighted by molar-refractivity contribution is 6.09. The van der Waals surface area contributed by atoms with Crippen molar-refractivity contribution in [2.24, 2.45) is 4.99 Å². The zero-order valence-corrected chi connectivity index (χ0v) is 15.2. The molecule has 0 amide bonds.